The summed E-state index contributed by atoms with van der Waals surface area (Å²) in [6.45, 7) is 2.26. The van der Waals surface area contributed by atoms with E-state index < -0.39 is 0 Å². The third-order valence-electron chi connectivity index (χ3n) is 3.45. The number of benzene rings is 1. The smallest absolute Gasteiger partial charge is 0.269 e. The van der Waals surface area contributed by atoms with Gasteiger partial charge in [0.05, 0.1) is 4.92 Å². The Morgan fingerprint density at radius 3 is 2.39 bits per heavy atom. The number of nitrogens with zero attached hydrogens (tertiary/aromatic N) is 1. The second-order valence-corrected chi connectivity index (χ2v) is 4.66. The van der Waals surface area contributed by atoms with Crippen molar-refractivity contribution in [2.45, 2.75) is 25.7 Å². The predicted octanol–water partition coefficient (Wildman–Crippen LogP) is 2.95. The topological polar surface area (TPSA) is 55.2 Å². The zero-order chi connectivity index (χ0) is 12.1. The zero-order valence-corrected chi connectivity index (χ0v) is 11.1. The summed E-state index contributed by atoms with van der Waals surface area (Å²) in [4.78, 5) is 10.2. The van der Waals surface area contributed by atoms with Gasteiger partial charge in [0.25, 0.3) is 5.69 Å². The van der Waals surface area contributed by atoms with Crippen LogP contribution in [-0.4, -0.2) is 18.0 Å². The van der Waals surface area contributed by atoms with E-state index in [1.165, 1.54) is 24.8 Å². The number of rotatable bonds is 4. The lowest BCUT2D eigenvalue weighted by Crippen LogP contribution is -2.27. The van der Waals surface area contributed by atoms with Crippen LogP contribution < -0.4 is 5.32 Å². The third-order valence-corrected chi connectivity index (χ3v) is 3.45. The summed E-state index contributed by atoms with van der Waals surface area (Å²) in [7, 11) is 0. The van der Waals surface area contributed by atoms with Crippen molar-refractivity contribution in [2.24, 2.45) is 5.92 Å². The molecule has 100 valence electrons. The fourth-order valence-corrected chi connectivity index (χ4v) is 2.33. The number of non-ortho nitro benzene ring substituents is 1. The van der Waals surface area contributed by atoms with Gasteiger partial charge in [0, 0.05) is 12.1 Å². The number of hydrogen-bond donors (Lipinski definition) is 1. The molecule has 1 aromatic carbocycles. The number of piperidine rings is 1. The van der Waals surface area contributed by atoms with Gasteiger partial charge >= 0.3 is 0 Å². The predicted molar refractivity (Wildman–Crippen MR) is 74.3 cm³/mol. The Morgan fingerprint density at radius 2 is 1.83 bits per heavy atom. The molecule has 1 fully saturated rings. The lowest BCUT2D eigenvalue weighted by atomic mass is 9.91. The van der Waals surface area contributed by atoms with Crippen LogP contribution in [0.3, 0.4) is 0 Å². The number of nitro benzene ring substituents is 1. The molecule has 1 aliphatic rings. The van der Waals surface area contributed by atoms with E-state index >= 15 is 0 Å². The normalized spacial score (nSPS) is 16.0. The molecule has 0 atom stereocenters. The van der Waals surface area contributed by atoms with Crippen molar-refractivity contribution in [3.63, 3.8) is 0 Å². The lowest BCUT2D eigenvalue weighted by molar-refractivity contribution is -0.384. The van der Waals surface area contributed by atoms with E-state index in [0.29, 0.717) is 0 Å². The first-order valence-corrected chi connectivity index (χ1v) is 6.20. The van der Waals surface area contributed by atoms with Crippen molar-refractivity contribution in [3.05, 3.63) is 39.9 Å². The summed E-state index contributed by atoms with van der Waals surface area (Å²) >= 11 is 0. The lowest BCUT2D eigenvalue weighted by Gasteiger charge is -2.22. The molecule has 0 bridgehead atoms. The minimum Gasteiger partial charge on any atom is -0.317 e. The van der Waals surface area contributed by atoms with Crippen LogP contribution in [-0.2, 0) is 6.42 Å². The average molecular weight is 271 g/mol. The van der Waals surface area contributed by atoms with Crippen molar-refractivity contribution >= 4 is 18.1 Å². The van der Waals surface area contributed by atoms with Gasteiger partial charge in [-0.1, -0.05) is 12.1 Å². The molecule has 1 aromatic rings. The molecule has 4 nitrogen and oxygen atoms in total. The Morgan fingerprint density at radius 1 is 1.22 bits per heavy atom. The summed E-state index contributed by atoms with van der Waals surface area (Å²) in [5, 5.41) is 13.9. The SMILES string of the molecule is Cl.O=[N+]([O-])c1ccc(CCC2CCNCC2)cc1. The van der Waals surface area contributed by atoms with Gasteiger partial charge in [-0.25, -0.2) is 0 Å². The fraction of sp³-hybridized carbons (Fsp3) is 0.538. The molecule has 0 amide bonds. The van der Waals surface area contributed by atoms with Gasteiger partial charge in [-0.15, -0.1) is 12.4 Å². The van der Waals surface area contributed by atoms with E-state index in [0.717, 1.165) is 25.4 Å². The molecular weight excluding hydrogens is 252 g/mol. The number of aryl methyl sites for hydroxylation is 1. The summed E-state index contributed by atoms with van der Waals surface area (Å²) in [6.07, 6.45) is 4.74. The van der Waals surface area contributed by atoms with Gasteiger partial charge in [0.2, 0.25) is 0 Å². The standard InChI is InChI=1S/C13H18N2O2.ClH/c16-15(17)13-5-3-11(4-6-13)1-2-12-7-9-14-10-8-12;/h3-6,12,14H,1-2,7-10H2;1H. The van der Waals surface area contributed by atoms with Crippen molar-refractivity contribution in [1.29, 1.82) is 0 Å². The monoisotopic (exact) mass is 270 g/mol. The molecule has 0 unspecified atom stereocenters. The number of nitro groups is 1. The number of halogens is 1. The largest absolute Gasteiger partial charge is 0.317 e. The molecule has 1 saturated heterocycles. The van der Waals surface area contributed by atoms with Gasteiger partial charge in [-0.2, -0.15) is 0 Å². The molecule has 1 heterocycles. The highest BCUT2D eigenvalue weighted by Gasteiger charge is 2.12. The molecule has 0 aliphatic carbocycles. The summed E-state index contributed by atoms with van der Waals surface area (Å²) in [6, 6.07) is 6.94. The van der Waals surface area contributed by atoms with Crippen LogP contribution >= 0.6 is 12.4 Å². The minimum atomic E-state index is -0.351. The Labute approximate surface area is 113 Å². The fourth-order valence-electron chi connectivity index (χ4n) is 2.33. The summed E-state index contributed by atoms with van der Waals surface area (Å²) < 4.78 is 0. The van der Waals surface area contributed by atoms with E-state index in [4.69, 9.17) is 0 Å². The van der Waals surface area contributed by atoms with E-state index in [2.05, 4.69) is 5.32 Å². The van der Waals surface area contributed by atoms with Crippen LogP contribution in [0.5, 0.6) is 0 Å². The number of nitrogens with one attached hydrogen (secondary N) is 1. The third kappa shape index (κ3) is 4.27. The van der Waals surface area contributed by atoms with Gasteiger partial charge in [0.1, 0.15) is 0 Å². The van der Waals surface area contributed by atoms with E-state index in [9.17, 15) is 10.1 Å². The van der Waals surface area contributed by atoms with Crippen LogP contribution in [0.1, 0.15) is 24.8 Å². The molecule has 0 saturated carbocycles. The second-order valence-electron chi connectivity index (χ2n) is 4.66. The molecule has 2 rings (SSSR count). The molecule has 18 heavy (non-hydrogen) atoms. The molecule has 0 spiro atoms. The highest BCUT2D eigenvalue weighted by Crippen LogP contribution is 2.20. The molecule has 1 aliphatic heterocycles. The Bertz CT molecular complexity index is 375. The van der Waals surface area contributed by atoms with Gasteiger partial charge in [0.15, 0.2) is 0 Å². The maximum Gasteiger partial charge on any atom is 0.269 e. The van der Waals surface area contributed by atoms with E-state index in [-0.39, 0.29) is 23.0 Å². The maximum absolute atomic E-state index is 10.5. The number of hydrogen-bond acceptors (Lipinski definition) is 3. The maximum atomic E-state index is 10.5. The van der Waals surface area contributed by atoms with Crippen LogP contribution in [0.2, 0.25) is 0 Å². The average Bonchev–Trinajstić information content (AvgIpc) is 2.38. The van der Waals surface area contributed by atoms with Crippen LogP contribution in [0, 0.1) is 16.0 Å². The first-order chi connectivity index (χ1) is 8.25. The highest BCUT2D eigenvalue weighted by molar-refractivity contribution is 5.85. The highest BCUT2D eigenvalue weighted by atomic mass is 35.5. The first kappa shape index (κ1) is 14.9. The van der Waals surface area contributed by atoms with Crippen LogP contribution in [0.15, 0.2) is 24.3 Å². The van der Waals surface area contributed by atoms with Crippen LogP contribution in [0.4, 0.5) is 5.69 Å². The zero-order valence-electron chi connectivity index (χ0n) is 10.3. The van der Waals surface area contributed by atoms with Gasteiger partial charge < -0.3 is 5.32 Å². The quantitative estimate of drug-likeness (QED) is 0.676. The second kappa shape index (κ2) is 7.34. The molecule has 5 heteroatoms. The van der Waals surface area contributed by atoms with Crippen LogP contribution in [0.25, 0.3) is 0 Å². The van der Waals surface area contributed by atoms with Crippen molar-refractivity contribution < 1.29 is 4.92 Å². The van der Waals surface area contributed by atoms with E-state index in [1.807, 2.05) is 12.1 Å². The van der Waals surface area contributed by atoms with E-state index in [1.54, 1.807) is 12.1 Å². The Hall–Kier alpha value is -1.13. The molecule has 0 aromatic heterocycles. The Balaban J connectivity index is 0.00000162. The molecular formula is C13H19ClN2O2. The first-order valence-electron chi connectivity index (χ1n) is 6.20. The Kier molecular flexibility index (Phi) is 6.09. The van der Waals surface area contributed by atoms with Crippen molar-refractivity contribution in [3.8, 4) is 0 Å². The van der Waals surface area contributed by atoms with Crippen molar-refractivity contribution in [1.82, 2.24) is 5.32 Å². The van der Waals surface area contributed by atoms with Crippen molar-refractivity contribution in [2.75, 3.05) is 13.1 Å². The summed E-state index contributed by atoms with van der Waals surface area (Å²) in [5.41, 5.74) is 1.38. The molecule has 1 N–H and O–H groups in total. The molecule has 0 radical (unpaired) electrons. The van der Waals surface area contributed by atoms with Gasteiger partial charge in [-0.05, 0) is 50.3 Å². The van der Waals surface area contributed by atoms with Gasteiger partial charge in [-0.3, -0.25) is 10.1 Å². The summed E-state index contributed by atoms with van der Waals surface area (Å²) in [5.74, 6) is 0.812. The minimum absolute atomic E-state index is 0.